The fourth-order valence-electron chi connectivity index (χ4n) is 2.91. The first-order chi connectivity index (χ1) is 10.4. The average molecular weight is 291 g/mol. The second-order valence-corrected chi connectivity index (χ2v) is 6.74. The van der Waals surface area contributed by atoms with E-state index in [4.69, 9.17) is 4.42 Å². The molecule has 0 unspecified atom stereocenters. The Bertz CT molecular complexity index is 1080. The molecule has 1 aromatic carbocycles. The molecule has 0 aliphatic carbocycles. The van der Waals surface area contributed by atoms with Gasteiger partial charge in [0.2, 0.25) is 0 Å². The van der Waals surface area contributed by atoms with Crippen LogP contribution >= 0.6 is 0 Å². The molecule has 4 aromatic rings. The van der Waals surface area contributed by atoms with Gasteiger partial charge in [-0.2, -0.15) is 0 Å². The lowest BCUT2D eigenvalue weighted by Crippen LogP contribution is -2.19. The molecule has 3 heterocycles. The van der Waals surface area contributed by atoms with E-state index >= 15 is 0 Å². The molecule has 3 nitrogen and oxygen atoms in total. The maximum absolute atomic E-state index is 12.4. The van der Waals surface area contributed by atoms with Gasteiger partial charge in [0.15, 0.2) is 5.58 Å². The normalized spacial score (nSPS) is 12.5. The third-order valence-corrected chi connectivity index (χ3v) is 4.19. The summed E-state index contributed by atoms with van der Waals surface area (Å²) >= 11 is 0. The van der Waals surface area contributed by atoms with Gasteiger partial charge in [-0.3, -0.25) is 9.20 Å². The van der Waals surface area contributed by atoms with Crippen molar-refractivity contribution >= 4 is 27.5 Å². The van der Waals surface area contributed by atoms with Gasteiger partial charge >= 0.3 is 0 Å². The van der Waals surface area contributed by atoms with Gasteiger partial charge in [-0.1, -0.05) is 39.0 Å². The van der Waals surface area contributed by atoms with Crippen LogP contribution in [0.3, 0.4) is 0 Å². The number of para-hydroxylation sites is 1. The Morgan fingerprint density at radius 1 is 1.00 bits per heavy atom. The van der Waals surface area contributed by atoms with E-state index in [2.05, 4.69) is 26.8 Å². The van der Waals surface area contributed by atoms with Gasteiger partial charge in [0.05, 0.1) is 5.52 Å². The minimum absolute atomic E-state index is 0.0234. The molecule has 0 saturated carbocycles. The molecule has 0 fully saturated rings. The Morgan fingerprint density at radius 3 is 2.55 bits per heavy atom. The second kappa shape index (κ2) is 4.23. The van der Waals surface area contributed by atoms with Crippen molar-refractivity contribution in [3.05, 3.63) is 64.6 Å². The summed E-state index contributed by atoms with van der Waals surface area (Å²) in [7, 11) is 0. The molecule has 0 saturated heterocycles. The van der Waals surface area contributed by atoms with Crippen LogP contribution in [0.1, 0.15) is 26.3 Å². The third kappa shape index (κ3) is 1.78. The summed E-state index contributed by atoms with van der Waals surface area (Å²) in [5.41, 5.74) is 3.36. The quantitative estimate of drug-likeness (QED) is 0.478. The Balaban J connectivity index is 2.23. The highest BCUT2D eigenvalue weighted by atomic mass is 16.3. The first kappa shape index (κ1) is 13.1. The highest BCUT2D eigenvalue weighted by Crippen LogP contribution is 2.32. The van der Waals surface area contributed by atoms with Gasteiger partial charge < -0.3 is 4.42 Å². The number of aromatic nitrogens is 1. The van der Waals surface area contributed by atoms with Gasteiger partial charge in [-0.05, 0) is 29.2 Å². The summed E-state index contributed by atoms with van der Waals surface area (Å²) in [6.07, 6.45) is 1.83. The Hall–Kier alpha value is -2.55. The summed E-state index contributed by atoms with van der Waals surface area (Å²) in [4.78, 5) is 12.4. The van der Waals surface area contributed by atoms with Gasteiger partial charge in [0, 0.05) is 23.0 Å². The van der Waals surface area contributed by atoms with Crippen molar-refractivity contribution in [2.45, 2.75) is 26.2 Å². The molecule has 3 aromatic heterocycles. The monoisotopic (exact) mass is 291 g/mol. The predicted octanol–water partition coefficient (Wildman–Crippen LogP) is 4.50. The van der Waals surface area contributed by atoms with E-state index in [1.165, 1.54) is 0 Å². The minimum atomic E-state index is -0.0813. The highest BCUT2D eigenvalue weighted by Gasteiger charge is 2.17. The zero-order valence-electron chi connectivity index (χ0n) is 12.9. The van der Waals surface area contributed by atoms with Crippen molar-refractivity contribution in [1.29, 1.82) is 0 Å². The molecule has 0 bridgehead atoms. The number of hydrogen-bond donors (Lipinski definition) is 0. The van der Waals surface area contributed by atoms with Crippen molar-refractivity contribution in [1.82, 2.24) is 4.40 Å². The van der Waals surface area contributed by atoms with Crippen LogP contribution in [0.5, 0.6) is 0 Å². The predicted molar refractivity (Wildman–Crippen MR) is 89.6 cm³/mol. The van der Waals surface area contributed by atoms with E-state index in [9.17, 15) is 4.79 Å². The van der Waals surface area contributed by atoms with Crippen LogP contribution in [0.25, 0.3) is 27.5 Å². The van der Waals surface area contributed by atoms with E-state index in [0.29, 0.717) is 0 Å². The van der Waals surface area contributed by atoms with Gasteiger partial charge in [-0.25, -0.2) is 0 Å². The molecule has 0 amide bonds. The molecule has 0 radical (unpaired) electrons. The summed E-state index contributed by atoms with van der Waals surface area (Å²) in [6.45, 7) is 6.32. The molecule has 0 aliphatic heterocycles. The standard InChI is InChI=1S/C19H17NO2/c1-19(2,3)12-10-15-18-14(8-9-20(15)17(21)11-12)13-6-4-5-7-16(13)22-18/h4-11H,1-3H3. The fraction of sp³-hybridized carbons (Fsp3) is 0.211. The molecular weight excluding hydrogens is 274 g/mol. The first-order valence-corrected chi connectivity index (χ1v) is 7.42. The van der Waals surface area contributed by atoms with Crippen molar-refractivity contribution in [2.75, 3.05) is 0 Å². The number of fused-ring (bicyclic) bond motifs is 5. The number of pyridine rings is 2. The van der Waals surface area contributed by atoms with Crippen LogP contribution in [-0.4, -0.2) is 4.40 Å². The molecule has 0 N–H and O–H groups in total. The van der Waals surface area contributed by atoms with Crippen LogP contribution in [-0.2, 0) is 5.41 Å². The zero-order valence-corrected chi connectivity index (χ0v) is 12.9. The molecule has 22 heavy (non-hydrogen) atoms. The van der Waals surface area contributed by atoms with Gasteiger partial charge in [0.1, 0.15) is 5.58 Å². The topological polar surface area (TPSA) is 34.6 Å². The van der Waals surface area contributed by atoms with E-state index < -0.39 is 0 Å². The SMILES string of the molecule is CC(C)(C)c1cc(=O)n2ccc3c4ccccc4oc3c2c1. The van der Waals surface area contributed by atoms with Crippen molar-refractivity contribution in [3.8, 4) is 0 Å². The number of furan rings is 1. The molecule has 3 heteroatoms. The van der Waals surface area contributed by atoms with Gasteiger partial charge in [0.25, 0.3) is 5.56 Å². The van der Waals surface area contributed by atoms with E-state index in [1.807, 2.05) is 36.5 Å². The smallest absolute Gasteiger partial charge is 0.255 e. The Morgan fingerprint density at radius 2 is 1.77 bits per heavy atom. The van der Waals surface area contributed by atoms with E-state index in [-0.39, 0.29) is 11.0 Å². The van der Waals surface area contributed by atoms with Crippen molar-refractivity contribution in [2.24, 2.45) is 0 Å². The summed E-state index contributed by atoms with van der Waals surface area (Å²) in [6, 6.07) is 13.7. The lowest BCUT2D eigenvalue weighted by atomic mass is 9.87. The zero-order chi connectivity index (χ0) is 15.5. The number of benzene rings is 1. The maximum Gasteiger partial charge on any atom is 0.255 e. The van der Waals surface area contributed by atoms with Crippen LogP contribution in [0.15, 0.2) is 57.9 Å². The summed E-state index contributed by atoms with van der Waals surface area (Å²) in [5, 5.41) is 2.12. The van der Waals surface area contributed by atoms with Crippen molar-refractivity contribution < 1.29 is 4.42 Å². The van der Waals surface area contributed by atoms with E-state index in [0.717, 1.165) is 33.0 Å². The number of nitrogens with zero attached hydrogens (tertiary/aromatic N) is 1. The Kier molecular flexibility index (Phi) is 2.52. The van der Waals surface area contributed by atoms with E-state index in [1.54, 1.807) is 10.5 Å². The van der Waals surface area contributed by atoms with Gasteiger partial charge in [-0.15, -0.1) is 0 Å². The van der Waals surface area contributed by atoms with Crippen LogP contribution in [0.4, 0.5) is 0 Å². The molecular formula is C19H17NO2. The van der Waals surface area contributed by atoms with Crippen LogP contribution in [0, 0.1) is 0 Å². The third-order valence-electron chi connectivity index (χ3n) is 4.19. The number of rotatable bonds is 0. The summed E-state index contributed by atoms with van der Waals surface area (Å²) < 4.78 is 7.68. The molecule has 0 atom stereocenters. The Labute approximate surface area is 127 Å². The largest absolute Gasteiger partial charge is 0.454 e. The summed E-state index contributed by atoms with van der Waals surface area (Å²) in [5.74, 6) is 0. The lowest BCUT2D eigenvalue weighted by Gasteiger charge is -2.19. The van der Waals surface area contributed by atoms with Crippen LogP contribution in [0.2, 0.25) is 0 Å². The maximum atomic E-state index is 12.4. The minimum Gasteiger partial charge on any atom is -0.454 e. The first-order valence-electron chi connectivity index (χ1n) is 7.42. The fourth-order valence-corrected chi connectivity index (χ4v) is 2.91. The second-order valence-electron chi connectivity index (χ2n) is 6.74. The number of hydrogen-bond acceptors (Lipinski definition) is 2. The molecule has 0 aliphatic rings. The molecule has 4 rings (SSSR count). The lowest BCUT2D eigenvalue weighted by molar-refractivity contribution is 0.588. The van der Waals surface area contributed by atoms with Crippen molar-refractivity contribution in [3.63, 3.8) is 0 Å². The molecule has 110 valence electrons. The van der Waals surface area contributed by atoms with Crippen LogP contribution < -0.4 is 5.56 Å². The highest BCUT2D eigenvalue weighted by molar-refractivity contribution is 6.09. The average Bonchev–Trinajstić information content (AvgIpc) is 2.85. The molecule has 0 spiro atoms.